The van der Waals surface area contributed by atoms with Crippen molar-refractivity contribution in [1.29, 1.82) is 0 Å². The highest BCUT2D eigenvalue weighted by molar-refractivity contribution is 9.24. The number of hydrogen-bond donors (Lipinski definition) is 0. The monoisotopic (exact) mass is 316 g/mol. The number of nitrogens with zero attached hydrogens (tertiary/aromatic N) is 2. The smallest absolute Gasteiger partial charge is 0.0947 e. The first kappa shape index (κ1) is 10.2. The molecule has 0 atom stereocenters. The quantitative estimate of drug-likeness (QED) is 0.760. The fourth-order valence-corrected chi connectivity index (χ4v) is 1.98. The summed E-state index contributed by atoms with van der Waals surface area (Å²) in [6.45, 7) is 0.985. The molecular weight excluding hydrogens is 308 g/mol. The third kappa shape index (κ3) is 2.17. The molecule has 1 aliphatic heterocycles. The zero-order valence-electron chi connectivity index (χ0n) is 7.53. The van der Waals surface area contributed by atoms with Crippen LogP contribution in [0.1, 0.15) is 15.7 Å². The molecule has 0 saturated carbocycles. The van der Waals surface area contributed by atoms with E-state index >= 15 is 0 Å². The molecule has 0 N–H and O–H groups in total. The molecule has 4 heteroatoms. The van der Waals surface area contributed by atoms with Gasteiger partial charge in [0.1, 0.15) is 0 Å². The van der Waals surface area contributed by atoms with E-state index in [-0.39, 0.29) is 3.74 Å². The summed E-state index contributed by atoms with van der Waals surface area (Å²) in [6.07, 6.45) is 2.99. The van der Waals surface area contributed by atoms with Gasteiger partial charge < -0.3 is 0 Å². The molecule has 2 nitrogen and oxygen atoms in total. The van der Waals surface area contributed by atoms with Gasteiger partial charge in [0.05, 0.1) is 9.42 Å². The van der Waals surface area contributed by atoms with Gasteiger partial charge in [-0.1, -0.05) is 44.0 Å². The molecule has 0 fully saturated rings. The van der Waals surface area contributed by atoms with E-state index in [2.05, 4.69) is 55.2 Å². The average Bonchev–Trinajstić information content (AvgIpc) is 2.71. The summed E-state index contributed by atoms with van der Waals surface area (Å²) in [4.78, 5) is 0. The van der Waals surface area contributed by atoms with Crippen LogP contribution in [0.2, 0.25) is 0 Å². The lowest BCUT2D eigenvalue weighted by molar-refractivity contribution is 0.921. The highest BCUT2D eigenvalue weighted by atomic mass is 79.9. The molecule has 0 spiro atoms. The van der Waals surface area contributed by atoms with Gasteiger partial charge in [0.15, 0.2) is 0 Å². The van der Waals surface area contributed by atoms with Crippen LogP contribution in [-0.4, -0.2) is 12.8 Å². The van der Waals surface area contributed by atoms with E-state index < -0.39 is 0 Å². The predicted octanol–water partition coefficient (Wildman–Crippen LogP) is 3.67. The topological polar surface area (TPSA) is 15.6 Å². The Morgan fingerprint density at radius 2 is 2.21 bits per heavy atom. The van der Waals surface area contributed by atoms with Gasteiger partial charge in [-0.2, -0.15) is 5.10 Å². The van der Waals surface area contributed by atoms with Gasteiger partial charge in [-0.05, 0) is 17.7 Å². The molecule has 1 aliphatic rings. The van der Waals surface area contributed by atoms with Gasteiger partial charge in [-0.3, -0.25) is 5.01 Å². The van der Waals surface area contributed by atoms with E-state index in [1.54, 1.807) is 0 Å². The predicted molar refractivity (Wildman–Crippen MR) is 67.5 cm³/mol. The molecule has 1 aromatic carbocycles. The Morgan fingerprint density at radius 3 is 2.86 bits per heavy atom. The summed E-state index contributed by atoms with van der Waals surface area (Å²) in [5.74, 6) is 0. The molecule has 0 amide bonds. The van der Waals surface area contributed by atoms with Crippen LogP contribution in [-0.2, 0) is 0 Å². The molecule has 0 bridgehead atoms. The molecule has 0 aromatic heterocycles. The maximum Gasteiger partial charge on any atom is 0.0947 e. The highest BCUT2D eigenvalue weighted by Gasteiger charge is 2.10. The molecule has 1 heterocycles. The van der Waals surface area contributed by atoms with Crippen LogP contribution in [0.4, 0.5) is 5.69 Å². The van der Waals surface area contributed by atoms with Crippen molar-refractivity contribution in [1.82, 2.24) is 0 Å². The molecule has 0 radical (unpaired) electrons. The third-order valence-corrected chi connectivity index (χ3v) is 3.17. The first-order valence-electron chi connectivity index (χ1n) is 4.45. The van der Waals surface area contributed by atoms with Crippen molar-refractivity contribution in [3.8, 4) is 0 Å². The first-order chi connectivity index (χ1) is 6.77. The minimum absolute atomic E-state index is 0.210. The Morgan fingerprint density at radius 1 is 1.36 bits per heavy atom. The summed E-state index contributed by atoms with van der Waals surface area (Å²) in [5.41, 5.74) is 2.37. The van der Waals surface area contributed by atoms with Crippen LogP contribution in [0.25, 0.3) is 0 Å². The van der Waals surface area contributed by atoms with E-state index in [0.29, 0.717) is 0 Å². The maximum absolute atomic E-state index is 4.28. The molecule has 0 saturated heterocycles. The lowest BCUT2D eigenvalue weighted by Gasteiger charge is -2.14. The van der Waals surface area contributed by atoms with Crippen molar-refractivity contribution in [2.45, 2.75) is 10.2 Å². The van der Waals surface area contributed by atoms with Crippen molar-refractivity contribution in [2.75, 3.05) is 11.6 Å². The summed E-state index contributed by atoms with van der Waals surface area (Å²) in [6, 6.07) is 8.34. The van der Waals surface area contributed by atoms with Crippen molar-refractivity contribution in [3.05, 3.63) is 29.8 Å². The van der Waals surface area contributed by atoms with Crippen LogP contribution in [0, 0.1) is 0 Å². The lowest BCUT2D eigenvalue weighted by Crippen LogP contribution is -2.11. The van der Waals surface area contributed by atoms with Crippen molar-refractivity contribution >= 4 is 43.8 Å². The normalized spacial score (nSPS) is 15.5. The van der Waals surface area contributed by atoms with E-state index in [0.717, 1.165) is 18.7 Å². The number of anilines is 1. The van der Waals surface area contributed by atoms with E-state index in [9.17, 15) is 0 Å². The minimum Gasteiger partial charge on any atom is -0.265 e. The number of hydrogen-bond acceptors (Lipinski definition) is 2. The number of halogens is 2. The van der Waals surface area contributed by atoms with Crippen LogP contribution in [0.3, 0.4) is 0 Å². The third-order valence-electron chi connectivity index (χ3n) is 2.11. The van der Waals surface area contributed by atoms with Gasteiger partial charge in [0, 0.05) is 19.2 Å². The SMILES string of the molecule is BrC(Br)c1cccc(N2CCC=N2)c1. The van der Waals surface area contributed by atoms with Crippen LogP contribution in [0.5, 0.6) is 0 Å². The van der Waals surface area contributed by atoms with Crippen LogP contribution < -0.4 is 5.01 Å². The average molecular weight is 318 g/mol. The van der Waals surface area contributed by atoms with Crippen molar-refractivity contribution < 1.29 is 0 Å². The Bertz CT molecular complexity index is 350. The lowest BCUT2D eigenvalue weighted by atomic mass is 10.2. The molecule has 0 unspecified atom stereocenters. The first-order valence-corrected chi connectivity index (χ1v) is 6.28. The van der Waals surface area contributed by atoms with Gasteiger partial charge in [-0.15, -0.1) is 0 Å². The molecule has 74 valence electrons. The van der Waals surface area contributed by atoms with E-state index in [4.69, 9.17) is 0 Å². The fourth-order valence-electron chi connectivity index (χ4n) is 1.41. The van der Waals surface area contributed by atoms with Gasteiger partial charge in [-0.25, -0.2) is 0 Å². The Kier molecular flexibility index (Phi) is 3.23. The zero-order chi connectivity index (χ0) is 9.97. The Balaban J connectivity index is 2.25. The molecule has 0 aliphatic carbocycles. The summed E-state index contributed by atoms with van der Waals surface area (Å²) in [5, 5.41) is 6.30. The molecular formula is C10H10Br2N2. The molecule has 14 heavy (non-hydrogen) atoms. The highest BCUT2D eigenvalue weighted by Crippen LogP contribution is 2.31. The fraction of sp³-hybridized carbons (Fsp3) is 0.300. The Labute approximate surface area is 100 Å². The number of alkyl halides is 2. The zero-order valence-corrected chi connectivity index (χ0v) is 10.7. The Hall–Kier alpha value is -0.350. The number of hydrazone groups is 1. The number of rotatable bonds is 2. The molecule has 1 aromatic rings. The minimum atomic E-state index is 0.210. The molecule has 2 rings (SSSR count). The van der Waals surface area contributed by atoms with E-state index in [1.807, 2.05) is 17.3 Å². The van der Waals surface area contributed by atoms with Gasteiger partial charge in [0.25, 0.3) is 0 Å². The second-order valence-electron chi connectivity index (χ2n) is 3.11. The van der Waals surface area contributed by atoms with Crippen molar-refractivity contribution in [3.63, 3.8) is 0 Å². The standard InChI is InChI=1S/C10H10Br2N2/c11-10(12)8-3-1-4-9(7-8)14-6-2-5-13-14/h1,3-5,7,10H,2,6H2. The maximum atomic E-state index is 4.28. The summed E-state index contributed by atoms with van der Waals surface area (Å²) in [7, 11) is 0. The van der Waals surface area contributed by atoms with Crippen LogP contribution in [0.15, 0.2) is 29.4 Å². The van der Waals surface area contributed by atoms with Gasteiger partial charge in [0.2, 0.25) is 0 Å². The second-order valence-corrected chi connectivity index (χ2v) is 6.17. The van der Waals surface area contributed by atoms with Gasteiger partial charge >= 0.3 is 0 Å². The van der Waals surface area contributed by atoms with Crippen LogP contribution >= 0.6 is 31.9 Å². The van der Waals surface area contributed by atoms with Crippen molar-refractivity contribution in [2.24, 2.45) is 5.10 Å². The summed E-state index contributed by atoms with van der Waals surface area (Å²) < 4.78 is 0.210. The summed E-state index contributed by atoms with van der Waals surface area (Å²) >= 11 is 6.97. The largest absolute Gasteiger partial charge is 0.265 e. The number of benzene rings is 1. The second kappa shape index (κ2) is 4.45. The van der Waals surface area contributed by atoms with E-state index in [1.165, 1.54) is 5.56 Å².